The van der Waals surface area contributed by atoms with Crippen molar-refractivity contribution in [2.45, 2.75) is 37.5 Å². The van der Waals surface area contributed by atoms with Crippen molar-refractivity contribution in [1.82, 2.24) is 15.2 Å². The number of nitrogens with zero attached hydrogens (tertiary/aromatic N) is 2. The molecule has 2 atom stereocenters. The van der Waals surface area contributed by atoms with Crippen molar-refractivity contribution in [3.8, 4) is 5.75 Å². The first kappa shape index (κ1) is 25.0. The molecule has 1 unspecified atom stereocenters. The number of urea groups is 1. The summed E-state index contributed by atoms with van der Waals surface area (Å²) in [6.07, 6.45) is 1.73. The Bertz CT molecular complexity index is 1110. The second kappa shape index (κ2) is 10.6. The van der Waals surface area contributed by atoms with E-state index in [1.165, 1.54) is 6.07 Å². The Balaban J connectivity index is 1.48. The molecule has 2 aromatic rings. The number of amides is 2. The number of hydrogen-bond acceptors (Lipinski definition) is 9. The summed E-state index contributed by atoms with van der Waals surface area (Å²) in [7, 11) is -1.38. The molecule has 2 aliphatic heterocycles. The highest BCUT2D eigenvalue weighted by atomic mass is 32.1. The van der Waals surface area contributed by atoms with Gasteiger partial charge >= 0.3 is 19.1 Å². The van der Waals surface area contributed by atoms with Crippen LogP contribution in [0, 0.1) is 5.92 Å². The van der Waals surface area contributed by atoms with E-state index in [4.69, 9.17) is 16.1 Å². The molecule has 1 aromatic carbocycles. The third-order valence-electron chi connectivity index (χ3n) is 6.57. The maximum Gasteiger partial charge on any atom is 0.526 e. The van der Waals surface area contributed by atoms with Gasteiger partial charge in [0.25, 0.3) is 0 Å². The zero-order chi connectivity index (χ0) is 25.1. The molecule has 0 saturated carbocycles. The van der Waals surface area contributed by atoms with E-state index >= 15 is 0 Å². The molecule has 1 aromatic heterocycles. The van der Waals surface area contributed by atoms with Gasteiger partial charge in [0.2, 0.25) is 0 Å². The van der Waals surface area contributed by atoms with E-state index in [1.54, 1.807) is 22.4 Å². The van der Waals surface area contributed by atoms with Gasteiger partial charge in [-0.1, -0.05) is 12.1 Å². The van der Waals surface area contributed by atoms with Crippen LogP contribution in [0.5, 0.6) is 5.75 Å². The fraction of sp³-hybridized carbons (Fsp3) is 0.455. The molecule has 0 bridgehead atoms. The normalized spacial score (nSPS) is 19.0. The van der Waals surface area contributed by atoms with Crippen LogP contribution < -0.4 is 21.4 Å². The molecule has 1 fully saturated rings. The lowest BCUT2D eigenvalue weighted by Gasteiger charge is -2.33. The van der Waals surface area contributed by atoms with Crippen molar-refractivity contribution in [3.63, 3.8) is 0 Å². The van der Waals surface area contributed by atoms with Crippen molar-refractivity contribution in [2.75, 3.05) is 25.4 Å². The number of benzene rings is 1. The van der Waals surface area contributed by atoms with Gasteiger partial charge in [-0.2, -0.15) is 0 Å². The zero-order valence-corrected chi connectivity index (χ0v) is 19.9. The average molecular weight is 501 g/mol. The van der Waals surface area contributed by atoms with Crippen molar-refractivity contribution in [3.05, 3.63) is 40.4 Å². The zero-order valence-electron chi connectivity index (χ0n) is 19.1. The summed E-state index contributed by atoms with van der Waals surface area (Å²) in [6, 6.07) is 3.28. The van der Waals surface area contributed by atoms with Crippen molar-refractivity contribution < 1.29 is 29.2 Å². The minimum Gasteiger partial charge on any atom is -0.535 e. The molecular weight excluding hydrogens is 473 g/mol. The third kappa shape index (κ3) is 5.58. The molecule has 1 saturated heterocycles. The number of anilines is 1. The number of carboxylic acid groups (broad SMARTS) is 1. The number of likely N-dealkylation sites (tertiary alicyclic amines) is 1. The van der Waals surface area contributed by atoms with Gasteiger partial charge in [0, 0.05) is 30.7 Å². The average Bonchev–Trinajstić information content (AvgIpc) is 3.28. The molecule has 2 amide bonds. The standard InChI is InChI=1S/C22H28BN5O6S/c24-10-12-4-6-28(7-5-12)22(32)27-18(16-11-35-21(25)26-16)17(29)9-14-8-13-2-1-3-15(20(30)31)19(13)34-23(14)33/h1-3,11-12,14,18,33H,4-10,24H2,(H2,25,26)(H,27,32)(H,30,31)/t14-,18?/m1/s1. The SMILES string of the molecule is NCC1CCN(C(=O)NC(C(=O)C[C@H]2Cc3cccc(C(=O)O)c3OB2O)c2csc(N)n2)CC1. The van der Waals surface area contributed by atoms with E-state index in [1.807, 2.05) is 0 Å². The number of carboxylic acids is 1. The molecule has 0 radical (unpaired) electrons. The van der Waals surface area contributed by atoms with Crippen LogP contribution in [-0.4, -0.2) is 64.6 Å². The second-order valence-corrected chi connectivity index (χ2v) is 9.79. The molecule has 4 rings (SSSR count). The molecule has 35 heavy (non-hydrogen) atoms. The van der Waals surface area contributed by atoms with Gasteiger partial charge in [-0.25, -0.2) is 14.6 Å². The summed E-state index contributed by atoms with van der Waals surface area (Å²) in [5.74, 6) is -1.66. The number of carbonyl (C=O) groups is 3. The Labute approximate surface area is 206 Å². The van der Waals surface area contributed by atoms with Crippen LogP contribution in [0.4, 0.5) is 9.93 Å². The molecule has 0 aliphatic carbocycles. The van der Waals surface area contributed by atoms with Gasteiger partial charge in [-0.15, -0.1) is 11.3 Å². The van der Waals surface area contributed by atoms with Crippen LogP contribution >= 0.6 is 11.3 Å². The highest BCUT2D eigenvalue weighted by Gasteiger charge is 2.40. The van der Waals surface area contributed by atoms with E-state index in [2.05, 4.69) is 10.3 Å². The van der Waals surface area contributed by atoms with Crippen LogP contribution in [0.3, 0.4) is 0 Å². The number of hydrogen-bond donors (Lipinski definition) is 5. The third-order valence-corrected chi connectivity index (χ3v) is 7.27. The fourth-order valence-electron chi connectivity index (χ4n) is 4.54. The summed E-state index contributed by atoms with van der Waals surface area (Å²) in [6.45, 7) is 1.68. The number of Topliss-reactive ketones (excluding diaryl/α,β-unsaturated/α-hetero) is 1. The lowest BCUT2D eigenvalue weighted by Crippen LogP contribution is -2.48. The molecule has 11 nitrogen and oxygen atoms in total. The molecular formula is C22H28BN5O6S. The van der Waals surface area contributed by atoms with E-state index in [0.717, 1.165) is 24.2 Å². The number of para-hydroxylation sites is 1. The largest absolute Gasteiger partial charge is 0.535 e. The van der Waals surface area contributed by atoms with E-state index in [9.17, 15) is 24.5 Å². The molecule has 13 heteroatoms. The number of fused-ring (bicyclic) bond motifs is 1. The maximum atomic E-state index is 13.4. The Hall–Kier alpha value is -3.16. The monoisotopic (exact) mass is 501 g/mol. The van der Waals surface area contributed by atoms with Crippen LogP contribution in [0.2, 0.25) is 5.82 Å². The first-order chi connectivity index (χ1) is 16.8. The summed E-state index contributed by atoms with van der Waals surface area (Å²) >= 11 is 1.16. The van der Waals surface area contributed by atoms with Gasteiger partial charge in [-0.05, 0) is 43.4 Å². The quantitative estimate of drug-likeness (QED) is 0.349. The number of nitrogens with two attached hydrogens (primary N) is 2. The van der Waals surface area contributed by atoms with Gasteiger partial charge in [-0.3, -0.25) is 4.79 Å². The summed E-state index contributed by atoms with van der Waals surface area (Å²) in [5.41, 5.74) is 12.4. The predicted molar refractivity (Wildman–Crippen MR) is 130 cm³/mol. The Morgan fingerprint density at radius 3 is 2.69 bits per heavy atom. The van der Waals surface area contributed by atoms with Gasteiger partial charge in [0.1, 0.15) is 11.8 Å². The van der Waals surface area contributed by atoms with Crippen molar-refractivity contribution in [2.24, 2.45) is 11.7 Å². The van der Waals surface area contributed by atoms with Gasteiger partial charge in [0.05, 0.1) is 11.3 Å². The van der Waals surface area contributed by atoms with Crippen LogP contribution in [0.25, 0.3) is 0 Å². The Morgan fingerprint density at radius 2 is 2.06 bits per heavy atom. The topological polar surface area (TPSA) is 181 Å². The van der Waals surface area contributed by atoms with Gasteiger partial charge in [0.15, 0.2) is 10.9 Å². The van der Waals surface area contributed by atoms with Crippen LogP contribution in [0.15, 0.2) is 23.6 Å². The smallest absolute Gasteiger partial charge is 0.526 e. The number of aromatic nitrogens is 1. The summed E-state index contributed by atoms with van der Waals surface area (Å²) < 4.78 is 5.51. The first-order valence-corrected chi connectivity index (χ1v) is 12.3. The lowest BCUT2D eigenvalue weighted by molar-refractivity contribution is -0.121. The van der Waals surface area contributed by atoms with Gasteiger partial charge < -0.3 is 36.5 Å². The van der Waals surface area contributed by atoms with Crippen molar-refractivity contribution >= 4 is 41.4 Å². The van der Waals surface area contributed by atoms with Crippen LogP contribution in [0.1, 0.15) is 46.9 Å². The molecule has 7 N–H and O–H groups in total. The number of rotatable bonds is 7. The Morgan fingerprint density at radius 1 is 1.31 bits per heavy atom. The predicted octanol–water partition coefficient (Wildman–Crippen LogP) is 1.29. The minimum absolute atomic E-state index is 0.0483. The molecule has 2 aliphatic rings. The van der Waals surface area contributed by atoms with Crippen molar-refractivity contribution in [1.29, 1.82) is 0 Å². The fourth-order valence-corrected chi connectivity index (χ4v) is 5.13. The number of aromatic carboxylic acids is 1. The number of nitrogens with one attached hydrogen (secondary N) is 1. The number of carbonyl (C=O) groups excluding carboxylic acids is 2. The van der Waals surface area contributed by atoms with E-state index in [0.29, 0.717) is 36.8 Å². The summed E-state index contributed by atoms with van der Waals surface area (Å²) in [4.78, 5) is 43.7. The number of ketones is 1. The number of nitrogen functional groups attached to an aromatic ring is 1. The second-order valence-electron chi connectivity index (χ2n) is 8.90. The number of piperidine rings is 1. The maximum absolute atomic E-state index is 13.4. The lowest BCUT2D eigenvalue weighted by atomic mass is 9.64. The highest BCUT2D eigenvalue weighted by molar-refractivity contribution is 7.13. The summed E-state index contributed by atoms with van der Waals surface area (Å²) in [5, 5.41) is 24.6. The Kier molecular flexibility index (Phi) is 7.58. The van der Waals surface area contributed by atoms with E-state index in [-0.39, 0.29) is 41.1 Å². The molecule has 3 heterocycles. The first-order valence-electron chi connectivity index (χ1n) is 11.5. The highest BCUT2D eigenvalue weighted by Crippen LogP contribution is 2.37. The minimum atomic E-state index is -1.38. The van der Waals surface area contributed by atoms with E-state index < -0.39 is 24.9 Å². The van der Waals surface area contributed by atoms with Crippen LogP contribution in [-0.2, 0) is 11.2 Å². The molecule has 0 spiro atoms. The number of thiazole rings is 1. The molecule has 186 valence electrons.